The molecule has 122 valence electrons. The number of benzene rings is 1. The Kier molecular flexibility index (Phi) is 6.85. The summed E-state index contributed by atoms with van der Waals surface area (Å²) in [5.74, 6) is -0.287. The van der Waals surface area contributed by atoms with E-state index in [1.807, 2.05) is 24.3 Å². The Morgan fingerprint density at radius 1 is 1.23 bits per heavy atom. The Bertz CT molecular complexity index is 500. The lowest BCUT2D eigenvalue weighted by atomic mass is 9.96. The SMILES string of the molecule is CC(C)Cc1ccc(C(C)C(=O)N(O)CCNC(N)=O)cc1. The second-order valence-corrected chi connectivity index (χ2v) is 5.81. The Labute approximate surface area is 131 Å². The van der Waals surface area contributed by atoms with Crippen molar-refractivity contribution in [3.05, 3.63) is 35.4 Å². The average Bonchev–Trinajstić information content (AvgIpc) is 2.45. The van der Waals surface area contributed by atoms with Gasteiger partial charge in [0, 0.05) is 6.54 Å². The fourth-order valence-electron chi connectivity index (χ4n) is 2.18. The highest BCUT2D eigenvalue weighted by atomic mass is 16.5. The molecule has 1 atom stereocenters. The van der Waals surface area contributed by atoms with Crippen LogP contribution in [0.1, 0.15) is 37.8 Å². The van der Waals surface area contributed by atoms with Crippen LogP contribution < -0.4 is 11.1 Å². The van der Waals surface area contributed by atoms with Gasteiger partial charge in [0.2, 0.25) is 0 Å². The lowest BCUT2D eigenvalue weighted by Crippen LogP contribution is -2.39. The number of nitrogens with zero attached hydrogens (tertiary/aromatic N) is 1. The van der Waals surface area contributed by atoms with Gasteiger partial charge in [-0.2, -0.15) is 0 Å². The van der Waals surface area contributed by atoms with Gasteiger partial charge >= 0.3 is 6.03 Å². The Hall–Kier alpha value is -2.08. The van der Waals surface area contributed by atoms with Gasteiger partial charge in [0.05, 0.1) is 12.5 Å². The largest absolute Gasteiger partial charge is 0.352 e. The van der Waals surface area contributed by atoms with E-state index < -0.39 is 17.9 Å². The number of nitrogens with one attached hydrogen (secondary N) is 1. The number of nitrogens with two attached hydrogens (primary N) is 1. The first-order valence-corrected chi connectivity index (χ1v) is 7.43. The van der Waals surface area contributed by atoms with Crippen molar-refractivity contribution in [3.8, 4) is 0 Å². The van der Waals surface area contributed by atoms with Crippen LogP contribution in [0.5, 0.6) is 0 Å². The number of hydrogen-bond donors (Lipinski definition) is 3. The van der Waals surface area contributed by atoms with E-state index in [1.54, 1.807) is 6.92 Å². The summed E-state index contributed by atoms with van der Waals surface area (Å²) >= 11 is 0. The van der Waals surface area contributed by atoms with Crippen LogP contribution >= 0.6 is 0 Å². The molecule has 4 N–H and O–H groups in total. The first-order valence-electron chi connectivity index (χ1n) is 7.43. The molecule has 6 nitrogen and oxygen atoms in total. The van der Waals surface area contributed by atoms with Gasteiger partial charge in [0.25, 0.3) is 5.91 Å². The van der Waals surface area contributed by atoms with Gasteiger partial charge in [0.15, 0.2) is 0 Å². The van der Waals surface area contributed by atoms with Crippen molar-refractivity contribution in [1.82, 2.24) is 10.4 Å². The second-order valence-electron chi connectivity index (χ2n) is 5.81. The summed E-state index contributed by atoms with van der Waals surface area (Å²) in [5.41, 5.74) is 6.99. The highest BCUT2D eigenvalue weighted by Gasteiger charge is 2.20. The Balaban J connectivity index is 2.59. The lowest BCUT2D eigenvalue weighted by Gasteiger charge is -2.20. The van der Waals surface area contributed by atoms with Crippen molar-refractivity contribution < 1.29 is 14.8 Å². The van der Waals surface area contributed by atoms with E-state index in [0.29, 0.717) is 11.0 Å². The summed E-state index contributed by atoms with van der Waals surface area (Å²) in [7, 11) is 0. The van der Waals surface area contributed by atoms with Gasteiger partial charge in [0.1, 0.15) is 0 Å². The van der Waals surface area contributed by atoms with E-state index in [2.05, 4.69) is 19.2 Å². The van der Waals surface area contributed by atoms with E-state index in [1.165, 1.54) is 5.56 Å². The lowest BCUT2D eigenvalue weighted by molar-refractivity contribution is -0.166. The predicted octanol–water partition coefficient (Wildman–Crippen LogP) is 1.87. The normalized spacial score (nSPS) is 12.0. The molecule has 0 aliphatic carbocycles. The molecule has 0 saturated heterocycles. The van der Waals surface area contributed by atoms with Crippen molar-refractivity contribution >= 4 is 11.9 Å². The molecular formula is C16H25N3O3. The zero-order chi connectivity index (χ0) is 16.7. The van der Waals surface area contributed by atoms with Crippen LogP contribution in [0.25, 0.3) is 0 Å². The van der Waals surface area contributed by atoms with Crippen LogP contribution in [0.2, 0.25) is 0 Å². The zero-order valence-corrected chi connectivity index (χ0v) is 13.4. The highest BCUT2D eigenvalue weighted by molar-refractivity contribution is 5.82. The Morgan fingerprint density at radius 3 is 2.32 bits per heavy atom. The molecule has 1 rings (SSSR count). The monoisotopic (exact) mass is 307 g/mol. The number of carbonyl (C=O) groups excluding carboxylic acids is 2. The molecule has 3 amide bonds. The summed E-state index contributed by atoms with van der Waals surface area (Å²) < 4.78 is 0. The van der Waals surface area contributed by atoms with Gasteiger partial charge < -0.3 is 11.1 Å². The number of rotatable bonds is 7. The standard InChI is InChI=1S/C16H25N3O3/c1-11(2)10-13-4-6-14(7-5-13)12(3)15(20)19(22)9-8-18-16(17)21/h4-7,11-12,22H,8-10H2,1-3H3,(H3,17,18,21). The molecule has 1 aromatic rings. The molecule has 22 heavy (non-hydrogen) atoms. The maximum atomic E-state index is 12.1. The minimum absolute atomic E-state index is 0.00243. The van der Waals surface area contributed by atoms with E-state index in [-0.39, 0.29) is 13.1 Å². The number of primary amides is 1. The summed E-state index contributed by atoms with van der Waals surface area (Å²) in [6, 6.07) is 7.16. The van der Waals surface area contributed by atoms with Crippen LogP contribution in [-0.4, -0.2) is 35.3 Å². The number of carbonyl (C=O) groups is 2. The molecule has 0 saturated carbocycles. The minimum Gasteiger partial charge on any atom is -0.352 e. The average molecular weight is 307 g/mol. The molecule has 6 heteroatoms. The molecule has 1 unspecified atom stereocenters. The third kappa shape index (κ3) is 5.73. The van der Waals surface area contributed by atoms with E-state index in [4.69, 9.17) is 5.73 Å². The van der Waals surface area contributed by atoms with Crippen LogP contribution in [-0.2, 0) is 11.2 Å². The van der Waals surface area contributed by atoms with Crippen LogP contribution in [0.15, 0.2) is 24.3 Å². The van der Waals surface area contributed by atoms with Crippen LogP contribution in [0, 0.1) is 5.92 Å². The smallest absolute Gasteiger partial charge is 0.312 e. The van der Waals surface area contributed by atoms with E-state index >= 15 is 0 Å². The third-order valence-electron chi connectivity index (χ3n) is 3.37. The van der Waals surface area contributed by atoms with E-state index in [9.17, 15) is 14.8 Å². The fourth-order valence-corrected chi connectivity index (χ4v) is 2.18. The summed E-state index contributed by atoms with van der Waals surface area (Å²) in [5, 5.41) is 12.7. The molecule has 0 aliphatic rings. The molecule has 0 heterocycles. The predicted molar refractivity (Wildman–Crippen MR) is 84.5 cm³/mol. The topological polar surface area (TPSA) is 95.7 Å². The fraction of sp³-hybridized carbons (Fsp3) is 0.500. The molecular weight excluding hydrogens is 282 g/mol. The van der Waals surface area contributed by atoms with Crippen molar-refractivity contribution in [3.63, 3.8) is 0 Å². The number of amides is 3. The van der Waals surface area contributed by atoms with Crippen molar-refractivity contribution in [2.24, 2.45) is 11.7 Å². The summed E-state index contributed by atoms with van der Waals surface area (Å²) in [6.07, 6.45) is 0.994. The minimum atomic E-state index is -0.686. The van der Waals surface area contributed by atoms with Crippen molar-refractivity contribution in [2.75, 3.05) is 13.1 Å². The maximum Gasteiger partial charge on any atom is 0.312 e. The first-order chi connectivity index (χ1) is 10.3. The highest BCUT2D eigenvalue weighted by Crippen LogP contribution is 2.19. The number of hydrogen-bond acceptors (Lipinski definition) is 3. The zero-order valence-electron chi connectivity index (χ0n) is 13.4. The van der Waals surface area contributed by atoms with Gasteiger partial charge in [-0.15, -0.1) is 0 Å². The summed E-state index contributed by atoms with van der Waals surface area (Å²) in [4.78, 5) is 22.7. The molecule has 0 aromatic heterocycles. The summed E-state index contributed by atoms with van der Waals surface area (Å²) in [6.45, 7) is 6.16. The van der Waals surface area contributed by atoms with Crippen molar-refractivity contribution in [2.45, 2.75) is 33.1 Å². The molecule has 0 fully saturated rings. The third-order valence-corrected chi connectivity index (χ3v) is 3.37. The molecule has 0 bridgehead atoms. The Morgan fingerprint density at radius 2 is 1.82 bits per heavy atom. The van der Waals surface area contributed by atoms with Gasteiger partial charge in [-0.05, 0) is 30.4 Å². The first kappa shape index (κ1) is 18.0. The molecule has 0 spiro atoms. The van der Waals surface area contributed by atoms with Crippen LogP contribution in [0.3, 0.4) is 0 Å². The maximum absolute atomic E-state index is 12.1. The van der Waals surface area contributed by atoms with E-state index in [0.717, 1.165) is 12.0 Å². The number of hydroxylamine groups is 2. The van der Waals surface area contributed by atoms with Gasteiger partial charge in [-0.3, -0.25) is 10.0 Å². The number of urea groups is 1. The van der Waals surface area contributed by atoms with Gasteiger partial charge in [-0.25, -0.2) is 9.86 Å². The van der Waals surface area contributed by atoms with Gasteiger partial charge in [-0.1, -0.05) is 38.1 Å². The molecule has 0 radical (unpaired) electrons. The molecule has 1 aromatic carbocycles. The molecule has 0 aliphatic heterocycles. The quantitative estimate of drug-likeness (QED) is 0.530. The van der Waals surface area contributed by atoms with Crippen molar-refractivity contribution in [1.29, 1.82) is 0 Å². The van der Waals surface area contributed by atoms with Crippen LogP contribution in [0.4, 0.5) is 4.79 Å². The second kappa shape index (κ2) is 8.38.